The predicted molar refractivity (Wildman–Crippen MR) is 61.7 cm³/mol. The molecule has 6 nitrogen and oxygen atoms in total. The van der Waals surface area contributed by atoms with Crippen LogP contribution in [-0.2, 0) is 0 Å². The van der Waals surface area contributed by atoms with Crippen LogP contribution in [0.15, 0.2) is 18.2 Å². The average Bonchev–Trinajstić information content (AvgIpc) is 2.23. The number of hydrogen-bond donors (Lipinski definition) is 1. The summed E-state index contributed by atoms with van der Waals surface area (Å²) in [6, 6.07) is 4.52. The lowest BCUT2D eigenvalue weighted by Gasteiger charge is -2.36. The molecule has 17 heavy (non-hydrogen) atoms. The van der Waals surface area contributed by atoms with Gasteiger partial charge in [-0.15, -0.1) is 0 Å². The standard InChI is InChI=1S/C11H13N3O3/c1-7-2-3-10(14(16)17)9(4-7)11(15)13-5-8(12)6-13/h2-4,8H,5-6,12H2,1H3. The number of carbonyl (C=O) groups excluding carboxylic acids is 1. The Balaban J connectivity index is 2.33. The number of rotatable bonds is 2. The van der Waals surface area contributed by atoms with Crippen molar-refractivity contribution in [3.63, 3.8) is 0 Å². The summed E-state index contributed by atoms with van der Waals surface area (Å²) < 4.78 is 0. The van der Waals surface area contributed by atoms with E-state index in [0.717, 1.165) is 5.56 Å². The van der Waals surface area contributed by atoms with E-state index in [9.17, 15) is 14.9 Å². The highest BCUT2D eigenvalue weighted by atomic mass is 16.6. The van der Waals surface area contributed by atoms with E-state index < -0.39 is 4.92 Å². The van der Waals surface area contributed by atoms with Gasteiger partial charge in [0.25, 0.3) is 11.6 Å². The summed E-state index contributed by atoms with van der Waals surface area (Å²) in [6.45, 7) is 2.72. The highest BCUT2D eigenvalue weighted by Crippen LogP contribution is 2.23. The Labute approximate surface area is 98.2 Å². The van der Waals surface area contributed by atoms with Crippen molar-refractivity contribution in [1.29, 1.82) is 0 Å². The molecule has 0 radical (unpaired) electrons. The number of likely N-dealkylation sites (tertiary alicyclic amines) is 1. The number of benzene rings is 1. The molecule has 0 aromatic heterocycles. The van der Waals surface area contributed by atoms with Crippen LogP contribution < -0.4 is 5.73 Å². The van der Waals surface area contributed by atoms with Crippen LogP contribution >= 0.6 is 0 Å². The summed E-state index contributed by atoms with van der Waals surface area (Å²) in [5, 5.41) is 10.8. The van der Waals surface area contributed by atoms with Crippen LogP contribution in [0.3, 0.4) is 0 Å². The fourth-order valence-corrected chi connectivity index (χ4v) is 1.83. The van der Waals surface area contributed by atoms with E-state index in [1.54, 1.807) is 19.1 Å². The molecule has 1 aliphatic heterocycles. The van der Waals surface area contributed by atoms with Gasteiger partial charge in [0, 0.05) is 25.2 Å². The summed E-state index contributed by atoms with van der Waals surface area (Å²) in [5.74, 6) is -0.317. The Bertz CT molecular complexity index is 481. The van der Waals surface area contributed by atoms with Gasteiger partial charge in [-0.25, -0.2) is 0 Å². The molecule has 0 bridgehead atoms. The second-order valence-electron chi connectivity index (χ2n) is 4.25. The molecule has 0 saturated carbocycles. The first-order chi connectivity index (χ1) is 7.99. The van der Waals surface area contributed by atoms with Crippen LogP contribution in [0.1, 0.15) is 15.9 Å². The van der Waals surface area contributed by atoms with Crippen molar-refractivity contribution in [2.24, 2.45) is 5.73 Å². The van der Waals surface area contributed by atoms with Crippen LogP contribution in [0.25, 0.3) is 0 Å². The lowest BCUT2D eigenvalue weighted by molar-refractivity contribution is -0.385. The Morgan fingerprint density at radius 3 is 2.71 bits per heavy atom. The van der Waals surface area contributed by atoms with Crippen LogP contribution in [0.4, 0.5) is 5.69 Å². The summed E-state index contributed by atoms with van der Waals surface area (Å²) in [7, 11) is 0. The Morgan fingerprint density at radius 2 is 2.18 bits per heavy atom. The highest BCUT2D eigenvalue weighted by molar-refractivity contribution is 5.98. The van der Waals surface area contributed by atoms with Crippen molar-refractivity contribution in [3.8, 4) is 0 Å². The lowest BCUT2D eigenvalue weighted by atomic mass is 10.0. The minimum absolute atomic E-state index is 0.0113. The molecule has 2 rings (SSSR count). The topological polar surface area (TPSA) is 89.5 Å². The van der Waals surface area contributed by atoms with E-state index in [1.165, 1.54) is 11.0 Å². The van der Waals surface area contributed by atoms with Crippen molar-refractivity contribution in [1.82, 2.24) is 4.90 Å². The molecule has 1 heterocycles. The number of nitro benzene ring substituents is 1. The summed E-state index contributed by atoms with van der Waals surface area (Å²) in [6.07, 6.45) is 0. The summed E-state index contributed by atoms with van der Waals surface area (Å²) in [4.78, 5) is 23.8. The van der Waals surface area contributed by atoms with Gasteiger partial charge >= 0.3 is 0 Å². The first-order valence-electron chi connectivity index (χ1n) is 5.29. The van der Waals surface area contributed by atoms with Gasteiger partial charge in [0.1, 0.15) is 5.56 Å². The Morgan fingerprint density at radius 1 is 1.53 bits per heavy atom. The minimum atomic E-state index is -0.535. The normalized spacial score (nSPS) is 15.5. The number of nitro groups is 1. The fraction of sp³-hybridized carbons (Fsp3) is 0.364. The fourth-order valence-electron chi connectivity index (χ4n) is 1.83. The Hall–Kier alpha value is -1.95. The molecule has 0 spiro atoms. The van der Waals surface area contributed by atoms with Gasteiger partial charge in [-0.3, -0.25) is 14.9 Å². The van der Waals surface area contributed by atoms with Crippen molar-refractivity contribution in [2.45, 2.75) is 13.0 Å². The molecule has 1 saturated heterocycles. The van der Waals surface area contributed by atoms with Gasteiger partial charge in [0.15, 0.2) is 0 Å². The first kappa shape index (κ1) is 11.5. The zero-order valence-corrected chi connectivity index (χ0v) is 9.42. The molecule has 1 aliphatic rings. The van der Waals surface area contributed by atoms with E-state index in [1.807, 2.05) is 0 Å². The van der Waals surface area contributed by atoms with Crippen molar-refractivity contribution in [2.75, 3.05) is 13.1 Å². The molecular formula is C11H13N3O3. The van der Waals surface area contributed by atoms with Crippen LogP contribution in [-0.4, -0.2) is 34.9 Å². The number of amides is 1. The molecule has 0 unspecified atom stereocenters. The minimum Gasteiger partial charge on any atom is -0.335 e. The third kappa shape index (κ3) is 2.12. The number of carbonyl (C=O) groups is 1. The zero-order valence-electron chi connectivity index (χ0n) is 9.42. The van der Waals surface area contributed by atoms with Crippen molar-refractivity contribution in [3.05, 3.63) is 39.4 Å². The molecule has 0 aliphatic carbocycles. The summed E-state index contributed by atoms with van der Waals surface area (Å²) in [5.41, 5.74) is 6.40. The maximum atomic E-state index is 12.0. The lowest BCUT2D eigenvalue weighted by Crippen LogP contribution is -2.57. The number of aryl methyl sites for hydroxylation is 1. The molecule has 6 heteroatoms. The predicted octanol–water partition coefficient (Wildman–Crippen LogP) is 0.686. The molecule has 1 aromatic carbocycles. The van der Waals surface area contributed by atoms with Crippen molar-refractivity contribution < 1.29 is 9.72 Å². The molecule has 2 N–H and O–H groups in total. The smallest absolute Gasteiger partial charge is 0.282 e. The van der Waals surface area contributed by atoms with Crippen LogP contribution in [0, 0.1) is 17.0 Å². The quantitative estimate of drug-likeness (QED) is 0.603. The monoisotopic (exact) mass is 235 g/mol. The molecule has 1 fully saturated rings. The van der Waals surface area contributed by atoms with E-state index in [0.29, 0.717) is 13.1 Å². The third-order valence-corrected chi connectivity index (χ3v) is 2.78. The third-order valence-electron chi connectivity index (χ3n) is 2.78. The van der Waals surface area contributed by atoms with Gasteiger partial charge in [0.05, 0.1) is 4.92 Å². The van der Waals surface area contributed by atoms with Crippen LogP contribution in [0.5, 0.6) is 0 Å². The maximum absolute atomic E-state index is 12.0. The second kappa shape index (κ2) is 4.14. The van der Waals surface area contributed by atoms with Gasteiger partial charge < -0.3 is 10.6 Å². The van der Waals surface area contributed by atoms with Gasteiger partial charge in [-0.2, -0.15) is 0 Å². The molecule has 1 aromatic rings. The molecule has 90 valence electrons. The second-order valence-corrected chi connectivity index (χ2v) is 4.25. The van der Waals surface area contributed by atoms with E-state index in [2.05, 4.69) is 0 Å². The SMILES string of the molecule is Cc1ccc([N+](=O)[O-])c(C(=O)N2CC(N)C2)c1. The zero-order chi connectivity index (χ0) is 12.6. The number of nitrogens with zero attached hydrogens (tertiary/aromatic N) is 2. The van der Waals surface area contributed by atoms with Gasteiger partial charge in [-0.1, -0.05) is 6.07 Å². The average molecular weight is 235 g/mol. The highest BCUT2D eigenvalue weighted by Gasteiger charge is 2.32. The van der Waals surface area contributed by atoms with Gasteiger partial charge in [-0.05, 0) is 18.6 Å². The van der Waals surface area contributed by atoms with E-state index in [4.69, 9.17) is 5.73 Å². The largest absolute Gasteiger partial charge is 0.335 e. The van der Waals surface area contributed by atoms with E-state index >= 15 is 0 Å². The number of nitrogens with two attached hydrogens (primary N) is 1. The Kier molecular flexibility index (Phi) is 2.81. The van der Waals surface area contributed by atoms with Crippen molar-refractivity contribution >= 4 is 11.6 Å². The maximum Gasteiger partial charge on any atom is 0.282 e. The van der Waals surface area contributed by atoms with Crippen LogP contribution in [0.2, 0.25) is 0 Å². The molecular weight excluding hydrogens is 222 g/mol. The number of hydrogen-bond acceptors (Lipinski definition) is 4. The van der Waals surface area contributed by atoms with Gasteiger partial charge in [0.2, 0.25) is 0 Å². The molecule has 0 atom stereocenters. The first-order valence-corrected chi connectivity index (χ1v) is 5.29. The summed E-state index contributed by atoms with van der Waals surface area (Å²) >= 11 is 0. The molecule has 1 amide bonds. The van der Waals surface area contributed by atoms with E-state index in [-0.39, 0.29) is 23.2 Å².